The molecule has 1 heterocycles. The van der Waals surface area contributed by atoms with Gasteiger partial charge in [-0.25, -0.2) is 8.42 Å². The minimum Gasteiger partial charge on any atom is -0.357 e. The van der Waals surface area contributed by atoms with Crippen LogP contribution in [0.25, 0.3) is 0 Å². The number of nitrogens with zero attached hydrogens (tertiary/aromatic N) is 1. The molecule has 1 aliphatic rings. The zero-order chi connectivity index (χ0) is 17.8. The van der Waals surface area contributed by atoms with E-state index in [1.807, 2.05) is 31.2 Å². The fraction of sp³-hybridized carbons (Fsp3) is 0.588. The van der Waals surface area contributed by atoms with Crippen LogP contribution in [0.2, 0.25) is 5.02 Å². The molecule has 1 saturated heterocycles. The van der Waals surface area contributed by atoms with E-state index in [-0.39, 0.29) is 46.9 Å². The van der Waals surface area contributed by atoms with Crippen LogP contribution in [0, 0.1) is 0 Å². The number of rotatable bonds is 5. The lowest BCUT2D eigenvalue weighted by Crippen LogP contribution is -2.44. The second kappa shape index (κ2) is 9.41. The van der Waals surface area contributed by atoms with Crippen molar-refractivity contribution >= 4 is 51.4 Å². The van der Waals surface area contributed by atoms with Crippen molar-refractivity contribution in [2.24, 2.45) is 4.99 Å². The van der Waals surface area contributed by atoms with E-state index in [1.54, 1.807) is 0 Å². The van der Waals surface area contributed by atoms with Gasteiger partial charge in [-0.15, -0.1) is 24.0 Å². The molecule has 0 aliphatic carbocycles. The summed E-state index contributed by atoms with van der Waals surface area (Å²) in [6.45, 7) is 7.52. The molecule has 142 valence electrons. The first-order chi connectivity index (χ1) is 11.2. The second-order valence-electron chi connectivity index (χ2n) is 6.83. The van der Waals surface area contributed by atoms with Crippen molar-refractivity contribution in [3.63, 3.8) is 0 Å². The predicted molar refractivity (Wildman–Crippen MR) is 116 cm³/mol. The van der Waals surface area contributed by atoms with Gasteiger partial charge in [0.1, 0.15) is 0 Å². The summed E-state index contributed by atoms with van der Waals surface area (Å²) in [5.41, 5.74) is 0.952. The number of halogens is 2. The first-order valence-corrected chi connectivity index (χ1v) is 10.4. The predicted octanol–water partition coefficient (Wildman–Crippen LogP) is 2.98. The zero-order valence-corrected chi connectivity index (χ0v) is 18.8. The highest BCUT2D eigenvalue weighted by molar-refractivity contribution is 14.0. The molecule has 1 atom stereocenters. The molecule has 1 aliphatic heterocycles. The van der Waals surface area contributed by atoms with Gasteiger partial charge in [0.25, 0.3) is 0 Å². The maximum Gasteiger partial charge on any atom is 0.191 e. The number of benzene rings is 1. The summed E-state index contributed by atoms with van der Waals surface area (Å²) in [6, 6.07) is 7.74. The third-order valence-corrected chi connectivity index (χ3v) is 6.16. The smallest absolute Gasteiger partial charge is 0.191 e. The first kappa shape index (κ1) is 22.5. The van der Waals surface area contributed by atoms with Crippen LogP contribution in [0.15, 0.2) is 29.3 Å². The van der Waals surface area contributed by atoms with Crippen molar-refractivity contribution in [2.45, 2.75) is 38.6 Å². The average molecular weight is 500 g/mol. The molecular formula is C17H27ClIN3O2S. The Balaban J connectivity index is 0.00000312. The first-order valence-electron chi connectivity index (χ1n) is 8.23. The van der Waals surface area contributed by atoms with E-state index < -0.39 is 9.84 Å². The molecule has 2 rings (SSSR count). The molecule has 8 heteroatoms. The fourth-order valence-electron chi connectivity index (χ4n) is 2.70. The van der Waals surface area contributed by atoms with Crippen molar-refractivity contribution in [3.05, 3.63) is 34.9 Å². The Kier molecular flexibility index (Phi) is 8.47. The van der Waals surface area contributed by atoms with Crippen LogP contribution in [-0.4, -0.2) is 45.0 Å². The monoisotopic (exact) mass is 499 g/mol. The van der Waals surface area contributed by atoms with Crippen molar-refractivity contribution in [1.29, 1.82) is 0 Å². The van der Waals surface area contributed by atoms with Gasteiger partial charge in [0.05, 0.1) is 18.1 Å². The Hall–Kier alpha value is -0.540. The van der Waals surface area contributed by atoms with Gasteiger partial charge in [-0.05, 0) is 31.0 Å². The van der Waals surface area contributed by atoms with Gasteiger partial charge in [0.2, 0.25) is 0 Å². The topological polar surface area (TPSA) is 70.6 Å². The summed E-state index contributed by atoms with van der Waals surface area (Å²) in [7, 11) is -2.91. The summed E-state index contributed by atoms with van der Waals surface area (Å²) in [6.07, 6.45) is 0.629. The van der Waals surface area contributed by atoms with Crippen molar-refractivity contribution in [1.82, 2.24) is 10.6 Å². The number of hydrogen-bond donors (Lipinski definition) is 2. The summed E-state index contributed by atoms with van der Waals surface area (Å²) in [5, 5.41) is 7.15. The van der Waals surface area contributed by atoms with E-state index in [2.05, 4.69) is 29.5 Å². The van der Waals surface area contributed by atoms with Crippen molar-refractivity contribution in [3.8, 4) is 0 Å². The maximum absolute atomic E-state index is 11.6. The standard InChI is InChI=1S/C17H26ClN3O2S.HI/c1-4-19-16(21-15-8-9-24(22,23)11-15)20-12-17(2,3)13-6-5-7-14(18)10-13;/h5-7,10,15H,4,8-9,11-12H2,1-3H3,(H2,19,20,21);1H. The van der Waals surface area contributed by atoms with E-state index >= 15 is 0 Å². The van der Waals surface area contributed by atoms with Gasteiger partial charge in [0, 0.05) is 23.0 Å². The van der Waals surface area contributed by atoms with Crippen LogP contribution < -0.4 is 10.6 Å². The number of sulfone groups is 1. The van der Waals surface area contributed by atoms with E-state index in [9.17, 15) is 8.42 Å². The van der Waals surface area contributed by atoms with E-state index in [0.717, 1.165) is 12.1 Å². The van der Waals surface area contributed by atoms with Crippen LogP contribution in [0.4, 0.5) is 0 Å². The van der Waals surface area contributed by atoms with E-state index in [0.29, 0.717) is 23.9 Å². The van der Waals surface area contributed by atoms with Crippen molar-refractivity contribution < 1.29 is 8.42 Å². The molecule has 1 aromatic carbocycles. The average Bonchev–Trinajstić information content (AvgIpc) is 2.84. The SMILES string of the molecule is CCNC(=NCC(C)(C)c1cccc(Cl)c1)NC1CCS(=O)(=O)C1.I. The third kappa shape index (κ3) is 6.94. The number of nitrogens with one attached hydrogen (secondary N) is 2. The number of hydrogen-bond acceptors (Lipinski definition) is 3. The zero-order valence-electron chi connectivity index (χ0n) is 14.9. The minimum absolute atomic E-state index is 0. The molecule has 0 bridgehead atoms. The molecule has 1 unspecified atom stereocenters. The Bertz CT molecular complexity index is 708. The van der Waals surface area contributed by atoms with Crippen LogP contribution in [-0.2, 0) is 15.3 Å². The molecule has 1 aromatic rings. The summed E-state index contributed by atoms with van der Waals surface area (Å²) < 4.78 is 23.2. The summed E-state index contributed by atoms with van der Waals surface area (Å²) in [4.78, 5) is 4.66. The van der Waals surface area contributed by atoms with Crippen molar-refractivity contribution in [2.75, 3.05) is 24.6 Å². The number of aliphatic imine (C=N–C) groups is 1. The molecule has 25 heavy (non-hydrogen) atoms. The summed E-state index contributed by atoms with van der Waals surface area (Å²) in [5.74, 6) is 1.09. The Morgan fingerprint density at radius 2 is 2.12 bits per heavy atom. The Morgan fingerprint density at radius 3 is 2.68 bits per heavy atom. The maximum atomic E-state index is 11.6. The van der Waals surface area contributed by atoms with E-state index in [1.165, 1.54) is 0 Å². The Morgan fingerprint density at radius 1 is 1.40 bits per heavy atom. The van der Waals surface area contributed by atoms with E-state index in [4.69, 9.17) is 11.6 Å². The van der Waals surface area contributed by atoms with Gasteiger partial charge >= 0.3 is 0 Å². The van der Waals surface area contributed by atoms with Gasteiger partial charge in [-0.2, -0.15) is 0 Å². The minimum atomic E-state index is -2.91. The molecule has 0 spiro atoms. The third-order valence-electron chi connectivity index (χ3n) is 4.16. The molecule has 0 aromatic heterocycles. The highest BCUT2D eigenvalue weighted by atomic mass is 127. The lowest BCUT2D eigenvalue weighted by atomic mass is 9.85. The quantitative estimate of drug-likeness (QED) is 0.371. The van der Waals surface area contributed by atoms with Crippen LogP contribution in [0.5, 0.6) is 0 Å². The highest BCUT2D eigenvalue weighted by Gasteiger charge is 2.28. The Labute approximate surface area is 173 Å². The van der Waals surface area contributed by atoms with Gasteiger partial charge in [-0.1, -0.05) is 37.6 Å². The molecule has 5 nitrogen and oxygen atoms in total. The number of guanidine groups is 1. The van der Waals surface area contributed by atoms with Gasteiger partial charge < -0.3 is 10.6 Å². The fourth-order valence-corrected chi connectivity index (χ4v) is 4.56. The normalized spacial score (nSPS) is 20.0. The van der Waals surface area contributed by atoms with Gasteiger partial charge in [0.15, 0.2) is 15.8 Å². The van der Waals surface area contributed by atoms with Crippen LogP contribution in [0.1, 0.15) is 32.8 Å². The molecule has 2 N–H and O–H groups in total. The summed E-state index contributed by atoms with van der Waals surface area (Å²) >= 11 is 6.09. The van der Waals surface area contributed by atoms with Gasteiger partial charge in [-0.3, -0.25) is 4.99 Å². The highest BCUT2D eigenvalue weighted by Crippen LogP contribution is 2.25. The largest absolute Gasteiger partial charge is 0.357 e. The lowest BCUT2D eigenvalue weighted by Gasteiger charge is -2.24. The second-order valence-corrected chi connectivity index (χ2v) is 9.50. The molecular weight excluding hydrogens is 473 g/mol. The lowest BCUT2D eigenvalue weighted by molar-refractivity contribution is 0.535. The molecule has 1 fully saturated rings. The van der Waals surface area contributed by atoms with Crippen LogP contribution in [0.3, 0.4) is 0 Å². The molecule has 0 saturated carbocycles. The molecule has 0 amide bonds. The van der Waals surface area contributed by atoms with Crippen LogP contribution >= 0.6 is 35.6 Å². The molecule has 0 radical (unpaired) electrons.